The third kappa shape index (κ3) is 3.53. The van der Waals surface area contributed by atoms with Crippen LogP contribution in [0.5, 0.6) is 0 Å². The summed E-state index contributed by atoms with van der Waals surface area (Å²) in [5, 5.41) is 1.07. The molecule has 126 valence electrons. The van der Waals surface area contributed by atoms with E-state index >= 15 is 0 Å². The number of thiazole rings is 1. The number of rotatable bonds is 5. The molecule has 0 amide bonds. The SMILES string of the molecule is CCc1nc(C)c(C(C)N(C)S(=O)(=O)N2CCCC(C)C2)s1. The molecule has 2 unspecified atom stereocenters. The number of nitrogens with zero attached hydrogens (tertiary/aromatic N) is 3. The van der Waals surface area contributed by atoms with Gasteiger partial charge in [-0.05, 0) is 39.0 Å². The van der Waals surface area contributed by atoms with E-state index in [2.05, 4.69) is 18.8 Å². The Kier molecular flexibility index (Phi) is 5.63. The van der Waals surface area contributed by atoms with E-state index < -0.39 is 10.2 Å². The Labute approximate surface area is 138 Å². The summed E-state index contributed by atoms with van der Waals surface area (Å²) in [6.07, 6.45) is 2.94. The van der Waals surface area contributed by atoms with E-state index in [1.807, 2.05) is 13.8 Å². The minimum Gasteiger partial charge on any atom is -0.246 e. The second kappa shape index (κ2) is 6.95. The molecule has 0 N–H and O–H groups in total. The van der Waals surface area contributed by atoms with E-state index in [4.69, 9.17) is 0 Å². The predicted molar refractivity (Wildman–Crippen MR) is 91.3 cm³/mol. The normalized spacial score (nSPS) is 22.2. The van der Waals surface area contributed by atoms with Crippen LogP contribution >= 0.6 is 11.3 Å². The molecular weight excluding hydrogens is 318 g/mol. The molecule has 2 heterocycles. The van der Waals surface area contributed by atoms with Crippen molar-refractivity contribution < 1.29 is 8.42 Å². The van der Waals surface area contributed by atoms with Gasteiger partial charge in [-0.1, -0.05) is 13.8 Å². The monoisotopic (exact) mass is 345 g/mol. The molecule has 0 aromatic carbocycles. The highest BCUT2D eigenvalue weighted by Crippen LogP contribution is 2.32. The van der Waals surface area contributed by atoms with Crippen molar-refractivity contribution in [1.82, 2.24) is 13.6 Å². The number of hydrogen-bond acceptors (Lipinski definition) is 4. The molecule has 1 aliphatic rings. The maximum Gasteiger partial charge on any atom is 0.282 e. The Hall–Kier alpha value is -0.500. The lowest BCUT2D eigenvalue weighted by atomic mass is 10.0. The van der Waals surface area contributed by atoms with E-state index in [1.54, 1.807) is 22.7 Å². The smallest absolute Gasteiger partial charge is 0.246 e. The van der Waals surface area contributed by atoms with Crippen molar-refractivity contribution in [2.24, 2.45) is 5.92 Å². The summed E-state index contributed by atoms with van der Waals surface area (Å²) in [5.74, 6) is 0.434. The van der Waals surface area contributed by atoms with Crippen molar-refractivity contribution >= 4 is 21.5 Å². The molecule has 22 heavy (non-hydrogen) atoms. The maximum atomic E-state index is 12.9. The van der Waals surface area contributed by atoms with Crippen LogP contribution in [0.4, 0.5) is 0 Å². The van der Waals surface area contributed by atoms with Gasteiger partial charge in [0.15, 0.2) is 0 Å². The first kappa shape index (κ1) is 17.8. The highest BCUT2D eigenvalue weighted by Gasteiger charge is 2.34. The minimum atomic E-state index is -3.41. The lowest BCUT2D eigenvalue weighted by Gasteiger charge is -2.35. The molecular formula is C15H27N3O2S2. The van der Waals surface area contributed by atoms with E-state index in [1.165, 1.54) is 4.31 Å². The third-order valence-electron chi connectivity index (χ3n) is 4.41. The molecule has 1 saturated heterocycles. The molecule has 2 atom stereocenters. The lowest BCUT2D eigenvalue weighted by molar-refractivity contribution is 0.255. The van der Waals surface area contributed by atoms with Crippen LogP contribution in [-0.2, 0) is 16.6 Å². The second-order valence-electron chi connectivity index (χ2n) is 6.22. The first-order chi connectivity index (χ1) is 10.3. The minimum absolute atomic E-state index is 0.181. The Morgan fingerprint density at radius 3 is 2.73 bits per heavy atom. The first-order valence-electron chi connectivity index (χ1n) is 7.96. The van der Waals surface area contributed by atoms with Gasteiger partial charge in [0, 0.05) is 25.0 Å². The Morgan fingerprint density at radius 1 is 1.50 bits per heavy atom. The molecule has 1 fully saturated rings. The van der Waals surface area contributed by atoms with Crippen molar-refractivity contribution in [3.05, 3.63) is 15.6 Å². The van der Waals surface area contributed by atoms with Crippen LogP contribution in [0.25, 0.3) is 0 Å². The Morgan fingerprint density at radius 2 is 2.18 bits per heavy atom. The molecule has 0 saturated carbocycles. The van der Waals surface area contributed by atoms with Crippen molar-refractivity contribution in [3.63, 3.8) is 0 Å². The van der Waals surface area contributed by atoms with Gasteiger partial charge in [0.2, 0.25) is 0 Å². The summed E-state index contributed by atoms with van der Waals surface area (Å²) in [4.78, 5) is 5.57. The Balaban J connectivity index is 2.21. The van der Waals surface area contributed by atoms with Gasteiger partial charge < -0.3 is 0 Å². The topological polar surface area (TPSA) is 53.5 Å². The lowest BCUT2D eigenvalue weighted by Crippen LogP contribution is -2.46. The number of hydrogen-bond donors (Lipinski definition) is 0. The first-order valence-corrected chi connectivity index (χ1v) is 10.2. The van der Waals surface area contributed by atoms with Crippen LogP contribution in [0, 0.1) is 12.8 Å². The highest BCUT2D eigenvalue weighted by molar-refractivity contribution is 7.86. The number of aryl methyl sites for hydroxylation is 2. The van der Waals surface area contributed by atoms with E-state index in [9.17, 15) is 8.42 Å². The van der Waals surface area contributed by atoms with Gasteiger partial charge in [0.05, 0.1) is 16.7 Å². The molecule has 1 aromatic heterocycles. The fourth-order valence-electron chi connectivity index (χ4n) is 2.91. The van der Waals surface area contributed by atoms with Gasteiger partial charge in [-0.25, -0.2) is 4.98 Å². The van der Waals surface area contributed by atoms with Crippen LogP contribution in [0.15, 0.2) is 0 Å². The fourth-order valence-corrected chi connectivity index (χ4v) is 5.75. The van der Waals surface area contributed by atoms with Crippen molar-refractivity contribution in [3.8, 4) is 0 Å². The van der Waals surface area contributed by atoms with Gasteiger partial charge >= 0.3 is 0 Å². The molecule has 0 bridgehead atoms. The van der Waals surface area contributed by atoms with E-state index in [-0.39, 0.29) is 6.04 Å². The number of piperidine rings is 1. The van der Waals surface area contributed by atoms with Crippen LogP contribution < -0.4 is 0 Å². The van der Waals surface area contributed by atoms with Crippen LogP contribution in [0.2, 0.25) is 0 Å². The standard InChI is InChI=1S/C15H27N3O2S2/c1-6-14-16-12(3)15(21-14)13(4)17(5)22(19,20)18-9-7-8-11(2)10-18/h11,13H,6-10H2,1-5H3. The van der Waals surface area contributed by atoms with Crippen molar-refractivity contribution in [2.45, 2.75) is 53.0 Å². The summed E-state index contributed by atoms with van der Waals surface area (Å²) in [6.45, 7) is 9.36. The molecule has 1 aliphatic heterocycles. The summed E-state index contributed by atoms with van der Waals surface area (Å²) < 4.78 is 28.9. The molecule has 1 aromatic rings. The van der Waals surface area contributed by atoms with Gasteiger partial charge in [0.25, 0.3) is 10.2 Å². The maximum absolute atomic E-state index is 12.9. The zero-order valence-corrected chi connectivity index (χ0v) is 15.8. The predicted octanol–water partition coefficient (Wildman–Crippen LogP) is 2.98. The van der Waals surface area contributed by atoms with E-state index in [0.717, 1.165) is 34.8 Å². The zero-order chi connectivity index (χ0) is 16.5. The highest BCUT2D eigenvalue weighted by atomic mass is 32.2. The van der Waals surface area contributed by atoms with Gasteiger partial charge in [-0.2, -0.15) is 17.0 Å². The molecule has 0 spiro atoms. The zero-order valence-electron chi connectivity index (χ0n) is 14.2. The molecule has 7 heteroatoms. The van der Waals surface area contributed by atoms with Crippen molar-refractivity contribution in [1.29, 1.82) is 0 Å². The largest absolute Gasteiger partial charge is 0.282 e. The molecule has 5 nitrogen and oxygen atoms in total. The Bertz CT molecular complexity index is 612. The molecule has 0 radical (unpaired) electrons. The van der Waals surface area contributed by atoms with Gasteiger partial charge in [-0.15, -0.1) is 11.3 Å². The van der Waals surface area contributed by atoms with Crippen LogP contribution in [-0.4, -0.2) is 42.1 Å². The number of aromatic nitrogens is 1. The second-order valence-corrected chi connectivity index (χ2v) is 9.32. The quantitative estimate of drug-likeness (QED) is 0.824. The van der Waals surface area contributed by atoms with E-state index in [0.29, 0.717) is 19.0 Å². The van der Waals surface area contributed by atoms with Crippen LogP contribution in [0.3, 0.4) is 0 Å². The molecule has 0 aliphatic carbocycles. The van der Waals surface area contributed by atoms with Crippen molar-refractivity contribution in [2.75, 3.05) is 20.1 Å². The average molecular weight is 346 g/mol. The average Bonchev–Trinajstić information content (AvgIpc) is 2.86. The van der Waals surface area contributed by atoms with Crippen LogP contribution in [0.1, 0.15) is 55.2 Å². The van der Waals surface area contributed by atoms with Gasteiger partial charge in [0.1, 0.15) is 0 Å². The molecule has 2 rings (SSSR count). The third-order valence-corrected chi connectivity index (χ3v) is 7.91. The summed E-state index contributed by atoms with van der Waals surface area (Å²) in [5.41, 5.74) is 0.948. The summed E-state index contributed by atoms with van der Waals surface area (Å²) in [6, 6.07) is -0.181. The summed E-state index contributed by atoms with van der Waals surface area (Å²) in [7, 11) is -1.73. The fraction of sp³-hybridized carbons (Fsp3) is 0.800. The summed E-state index contributed by atoms with van der Waals surface area (Å²) >= 11 is 1.62. The van der Waals surface area contributed by atoms with Gasteiger partial charge in [-0.3, -0.25) is 0 Å².